The highest BCUT2D eigenvalue weighted by molar-refractivity contribution is 5.56. The van der Waals surface area contributed by atoms with Crippen molar-refractivity contribution in [3.63, 3.8) is 0 Å². The number of fused-ring (bicyclic) bond motifs is 1. The summed E-state index contributed by atoms with van der Waals surface area (Å²) >= 11 is 0. The molecule has 1 aliphatic rings. The van der Waals surface area contributed by atoms with Crippen LogP contribution in [0.2, 0.25) is 0 Å². The number of aryl methyl sites for hydroxylation is 1. The maximum atomic E-state index is 3.66. The van der Waals surface area contributed by atoms with Crippen molar-refractivity contribution in [1.29, 1.82) is 0 Å². The second kappa shape index (κ2) is 7.81. The molecule has 0 spiro atoms. The molecule has 0 saturated heterocycles. The van der Waals surface area contributed by atoms with E-state index in [1.165, 1.54) is 36.2 Å². The van der Waals surface area contributed by atoms with Gasteiger partial charge in [0.05, 0.1) is 0 Å². The van der Waals surface area contributed by atoms with Crippen molar-refractivity contribution in [1.82, 2.24) is 10.2 Å². The van der Waals surface area contributed by atoms with Gasteiger partial charge in [0.2, 0.25) is 0 Å². The van der Waals surface area contributed by atoms with Crippen LogP contribution in [-0.2, 0) is 13.0 Å². The summed E-state index contributed by atoms with van der Waals surface area (Å²) in [5.41, 5.74) is 4.34. The van der Waals surface area contributed by atoms with Crippen molar-refractivity contribution in [2.45, 2.75) is 46.2 Å². The molecule has 1 aliphatic heterocycles. The first-order valence-corrected chi connectivity index (χ1v) is 8.42. The third kappa shape index (κ3) is 4.45. The molecular formula is C18H31N3. The van der Waals surface area contributed by atoms with Crippen LogP contribution in [0.3, 0.4) is 0 Å². The summed E-state index contributed by atoms with van der Waals surface area (Å²) < 4.78 is 0. The second-order valence-electron chi connectivity index (χ2n) is 6.26. The molecule has 0 aromatic heterocycles. The Balaban J connectivity index is 1.89. The van der Waals surface area contributed by atoms with Crippen LogP contribution in [0.5, 0.6) is 0 Å². The summed E-state index contributed by atoms with van der Waals surface area (Å²) in [5.74, 6) is 0. The first-order chi connectivity index (χ1) is 10.1. The molecule has 21 heavy (non-hydrogen) atoms. The van der Waals surface area contributed by atoms with Crippen molar-refractivity contribution in [2.75, 3.05) is 38.1 Å². The van der Waals surface area contributed by atoms with Crippen LogP contribution in [-0.4, -0.2) is 44.2 Å². The van der Waals surface area contributed by atoms with E-state index in [0.29, 0.717) is 6.04 Å². The van der Waals surface area contributed by atoms with Crippen LogP contribution in [0.4, 0.5) is 5.69 Å². The molecule has 0 radical (unpaired) electrons. The molecule has 0 fully saturated rings. The molecule has 3 heteroatoms. The molecule has 1 aromatic carbocycles. The van der Waals surface area contributed by atoms with Crippen molar-refractivity contribution in [3.05, 3.63) is 29.3 Å². The third-order valence-electron chi connectivity index (χ3n) is 4.58. The lowest BCUT2D eigenvalue weighted by Gasteiger charge is -2.28. The Morgan fingerprint density at radius 1 is 1.29 bits per heavy atom. The van der Waals surface area contributed by atoms with Crippen LogP contribution in [0.15, 0.2) is 18.2 Å². The van der Waals surface area contributed by atoms with Gasteiger partial charge in [0, 0.05) is 38.4 Å². The molecule has 2 rings (SSSR count). The molecular weight excluding hydrogens is 258 g/mol. The number of nitrogens with one attached hydrogen (secondary N) is 1. The highest BCUT2D eigenvalue weighted by Crippen LogP contribution is 2.26. The fourth-order valence-corrected chi connectivity index (χ4v) is 3.17. The van der Waals surface area contributed by atoms with Crippen molar-refractivity contribution >= 4 is 5.69 Å². The predicted octanol–water partition coefficient (Wildman–Crippen LogP) is 2.89. The first kappa shape index (κ1) is 16.3. The van der Waals surface area contributed by atoms with Crippen molar-refractivity contribution in [2.24, 2.45) is 0 Å². The molecule has 118 valence electrons. The third-order valence-corrected chi connectivity index (χ3v) is 4.58. The smallest absolute Gasteiger partial charge is 0.0396 e. The van der Waals surface area contributed by atoms with Gasteiger partial charge in [-0.3, -0.25) is 0 Å². The predicted molar refractivity (Wildman–Crippen MR) is 92.1 cm³/mol. The summed E-state index contributed by atoms with van der Waals surface area (Å²) in [4.78, 5) is 4.85. The molecule has 0 bridgehead atoms. The summed E-state index contributed by atoms with van der Waals surface area (Å²) in [5, 5.41) is 3.66. The van der Waals surface area contributed by atoms with Crippen LogP contribution < -0.4 is 10.2 Å². The van der Waals surface area contributed by atoms with E-state index in [0.717, 1.165) is 26.2 Å². The van der Waals surface area contributed by atoms with Gasteiger partial charge >= 0.3 is 0 Å². The highest BCUT2D eigenvalue weighted by atomic mass is 15.1. The molecule has 0 amide bonds. The molecule has 0 aliphatic carbocycles. The minimum absolute atomic E-state index is 0.531. The van der Waals surface area contributed by atoms with Gasteiger partial charge in [0.25, 0.3) is 0 Å². The Labute approximate surface area is 130 Å². The summed E-state index contributed by atoms with van der Waals surface area (Å²) in [7, 11) is 2.20. The van der Waals surface area contributed by atoms with Crippen LogP contribution in [0, 0.1) is 0 Å². The highest BCUT2D eigenvalue weighted by Gasteiger charge is 2.14. The number of anilines is 1. The van der Waals surface area contributed by atoms with Gasteiger partial charge in [-0.05, 0) is 50.0 Å². The van der Waals surface area contributed by atoms with Crippen LogP contribution >= 0.6 is 0 Å². The average Bonchev–Trinajstić information content (AvgIpc) is 2.50. The van der Waals surface area contributed by atoms with Gasteiger partial charge in [-0.1, -0.05) is 26.0 Å². The van der Waals surface area contributed by atoms with E-state index >= 15 is 0 Å². The van der Waals surface area contributed by atoms with E-state index in [1.54, 1.807) is 0 Å². The van der Waals surface area contributed by atoms with Gasteiger partial charge in [-0.2, -0.15) is 0 Å². The molecule has 1 aromatic rings. The lowest BCUT2D eigenvalue weighted by Crippen LogP contribution is -2.38. The lowest BCUT2D eigenvalue weighted by atomic mass is 9.99. The lowest BCUT2D eigenvalue weighted by molar-refractivity contribution is 0.270. The first-order valence-electron chi connectivity index (χ1n) is 8.42. The van der Waals surface area contributed by atoms with E-state index in [4.69, 9.17) is 0 Å². The normalized spacial score (nSPS) is 16.1. The Kier molecular flexibility index (Phi) is 6.07. The maximum Gasteiger partial charge on any atom is 0.0396 e. The van der Waals surface area contributed by atoms with Gasteiger partial charge in [-0.15, -0.1) is 0 Å². The van der Waals surface area contributed by atoms with Gasteiger partial charge < -0.3 is 15.1 Å². The monoisotopic (exact) mass is 289 g/mol. The summed E-state index contributed by atoms with van der Waals surface area (Å²) in [6.45, 7) is 12.3. The zero-order valence-electron chi connectivity index (χ0n) is 14.2. The van der Waals surface area contributed by atoms with Crippen molar-refractivity contribution < 1.29 is 0 Å². The fourth-order valence-electron chi connectivity index (χ4n) is 3.17. The quantitative estimate of drug-likeness (QED) is 0.832. The Hall–Kier alpha value is -1.06. The molecule has 1 unspecified atom stereocenters. The van der Waals surface area contributed by atoms with Gasteiger partial charge in [-0.25, -0.2) is 0 Å². The molecule has 1 atom stereocenters. The Morgan fingerprint density at radius 3 is 2.76 bits per heavy atom. The number of rotatable bonds is 7. The van der Waals surface area contributed by atoms with E-state index in [-0.39, 0.29) is 0 Å². The molecule has 0 saturated carbocycles. The number of hydrogen-bond acceptors (Lipinski definition) is 3. The number of likely N-dealkylation sites (N-methyl/N-ethyl adjacent to an activating group) is 1. The molecule has 3 nitrogen and oxygen atoms in total. The largest absolute Gasteiger partial charge is 0.374 e. The van der Waals surface area contributed by atoms with Gasteiger partial charge in [0.1, 0.15) is 0 Å². The standard InChI is InChI=1S/C18H31N3/c1-5-21(6-2)14-15(3)19-13-16-9-10-18-17(12-16)8-7-11-20(18)4/h9-10,12,15,19H,5-8,11,13-14H2,1-4H3. The summed E-state index contributed by atoms with van der Waals surface area (Å²) in [6, 6.07) is 7.49. The number of hydrogen-bond donors (Lipinski definition) is 1. The Bertz CT molecular complexity index is 440. The van der Waals surface area contributed by atoms with E-state index < -0.39 is 0 Å². The topological polar surface area (TPSA) is 18.5 Å². The SMILES string of the molecule is CCN(CC)CC(C)NCc1ccc2c(c1)CCCN2C. The Morgan fingerprint density at radius 2 is 2.05 bits per heavy atom. The molecule has 1 heterocycles. The number of nitrogens with zero attached hydrogens (tertiary/aromatic N) is 2. The zero-order chi connectivity index (χ0) is 15.2. The summed E-state index contributed by atoms with van der Waals surface area (Å²) in [6.07, 6.45) is 2.50. The van der Waals surface area contributed by atoms with E-state index in [1.807, 2.05) is 0 Å². The van der Waals surface area contributed by atoms with Crippen LogP contribution in [0.1, 0.15) is 38.3 Å². The second-order valence-corrected chi connectivity index (χ2v) is 6.26. The average molecular weight is 289 g/mol. The minimum atomic E-state index is 0.531. The van der Waals surface area contributed by atoms with Gasteiger partial charge in [0.15, 0.2) is 0 Å². The minimum Gasteiger partial charge on any atom is -0.374 e. The number of benzene rings is 1. The fraction of sp³-hybridized carbons (Fsp3) is 0.667. The van der Waals surface area contributed by atoms with Crippen LogP contribution in [0.25, 0.3) is 0 Å². The molecule has 1 N–H and O–H groups in total. The maximum absolute atomic E-state index is 3.66. The van der Waals surface area contributed by atoms with Crippen molar-refractivity contribution in [3.8, 4) is 0 Å². The van der Waals surface area contributed by atoms with E-state index in [9.17, 15) is 0 Å². The van der Waals surface area contributed by atoms with E-state index in [2.05, 4.69) is 61.1 Å². The zero-order valence-corrected chi connectivity index (χ0v) is 14.2.